The molecule has 1 N–H and O–H groups in total. The van der Waals surface area contributed by atoms with Crippen molar-refractivity contribution in [3.8, 4) is 0 Å². The Hall–Kier alpha value is -1.61. The first-order valence-electron chi connectivity index (χ1n) is 7.22. The summed E-state index contributed by atoms with van der Waals surface area (Å²) in [6.07, 6.45) is 0. The van der Waals surface area contributed by atoms with Crippen molar-refractivity contribution < 1.29 is 13.2 Å². The van der Waals surface area contributed by atoms with Crippen LogP contribution in [-0.2, 0) is 15.0 Å². The van der Waals surface area contributed by atoms with E-state index < -0.39 is 16.1 Å². The predicted molar refractivity (Wildman–Crippen MR) is 104 cm³/mol. The van der Waals surface area contributed by atoms with Crippen LogP contribution < -0.4 is 9.62 Å². The maximum Gasteiger partial charge on any atom is 0.304 e. The van der Waals surface area contributed by atoms with Gasteiger partial charge in [0, 0.05) is 24.3 Å². The Morgan fingerprint density at radius 2 is 1.80 bits per heavy atom. The molecule has 0 aromatic heterocycles. The fourth-order valence-corrected chi connectivity index (χ4v) is 3.49. The fraction of sp³-hybridized carbons (Fsp3) is 0.188. The number of carbonyl (C=O) groups excluding carboxylic acids is 1. The topological polar surface area (TPSA) is 69.7 Å². The molecule has 9 heteroatoms. The lowest BCUT2D eigenvalue weighted by atomic mass is 10.3. The largest absolute Gasteiger partial charge is 0.324 e. The van der Waals surface area contributed by atoms with Gasteiger partial charge in [0.15, 0.2) is 0 Å². The molecule has 25 heavy (non-hydrogen) atoms. The summed E-state index contributed by atoms with van der Waals surface area (Å²) in [5.41, 5.74) is 0.883. The maximum absolute atomic E-state index is 12.6. The lowest BCUT2D eigenvalue weighted by Crippen LogP contribution is -2.44. The summed E-state index contributed by atoms with van der Waals surface area (Å²) in [4.78, 5) is 12.4. The Morgan fingerprint density at radius 3 is 2.36 bits per heavy atom. The molecule has 1 amide bonds. The highest BCUT2D eigenvalue weighted by atomic mass is 79.9. The van der Waals surface area contributed by atoms with Gasteiger partial charge < -0.3 is 5.32 Å². The van der Waals surface area contributed by atoms with Gasteiger partial charge in [-0.05, 0) is 46.3 Å². The van der Waals surface area contributed by atoms with Crippen molar-refractivity contribution >= 4 is 55.0 Å². The Kier molecular flexibility index (Phi) is 6.45. The molecule has 0 aliphatic carbocycles. The lowest BCUT2D eigenvalue weighted by molar-refractivity contribution is -0.114. The van der Waals surface area contributed by atoms with E-state index in [0.717, 1.165) is 8.61 Å². The standard InChI is InChI=1S/C16H17BrClN3O3S/c1-20(2)25(23,24)21(13-6-4-3-5-7-13)11-16(22)19-12-8-9-14(17)15(18)10-12/h3-10H,11H2,1-2H3,(H,19,22). The first-order valence-corrected chi connectivity index (χ1v) is 9.79. The van der Waals surface area contributed by atoms with Crippen LogP contribution in [0.3, 0.4) is 0 Å². The third kappa shape index (κ3) is 4.94. The van der Waals surface area contributed by atoms with E-state index in [-0.39, 0.29) is 6.54 Å². The predicted octanol–water partition coefficient (Wildman–Crippen LogP) is 3.35. The average molecular weight is 447 g/mol. The monoisotopic (exact) mass is 445 g/mol. The minimum Gasteiger partial charge on any atom is -0.324 e. The molecule has 2 aromatic carbocycles. The molecule has 0 heterocycles. The van der Waals surface area contributed by atoms with E-state index in [2.05, 4.69) is 21.2 Å². The van der Waals surface area contributed by atoms with Crippen LogP contribution in [0.5, 0.6) is 0 Å². The highest BCUT2D eigenvalue weighted by Crippen LogP contribution is 2.25. The van der Waals surface area contributed by atoms with Crippen molar-refractivity contribution in [2.24, 2.45) is 0 Å². The number of hydrogen-bond acceptors (Lipinski definition) is 3. The highest BCUT2D eigenvalue weighted by molar-refractivity contribution is 9.10. The van der Waals surface area contributed by atoms with E-state index in [9.17, 15) is 13.2 Å². The van der Waals surface area contributed by atoms with Crippen LogP contribution in [-0.4, -0.2) is 39.3 Å². The summed E-state index contributed by atoms with van der Waals surface area (Å²) in [6.45, 7) is -0.363. The number of anilines is 2. The molecular weight excluding hydrogens is 430 g/mol. The Labute approximate surface area is 160 Å². The molecule has 0 radical (unpaired) electrons. The zero-order valence-corrected chi connectivity index (χ0v) is 16.8. The second kappa shape index (κ2) is 8.18. The third-order valence-electron chi connectivity index (χ3n) is 3.27. The Balaban J connectivity index is 2.24. The molecule has 0 saturated carbocycles. The zero-order chi connectivity index (χ0) is 18.6. The molecule has 2 aromatic rings. The first kappa shape index (κ1) is 19.7. The summed E-state index contributed by atoms with van der Waals surface area (Å²) in [5, 5.41) is 3.10. The van der Waals surface area contributed by atoms with Crippen molar-refractivity contribution in [3.63, 3.8) is 0 Å². The van der Waals surface area contributed by atoms with E-state index in [0.29, 0.717) is 20.9 Å². The number of amides is 1. The minimum atomic E-state index is -3.82. The number of rotatable bonds is 6. The Morgan fingerprint density at radius 1 is 1.16 bits per heavy atom. The van der Waals surface area contributed by atoms with Gasteiger partial charge in [-0.2, -0.15) is 12.7 Å². The molecule has 0 fully saturated rings. The smallest absolute Gasteiger partial charge is 0.304 e. The summed E-state index contributed by atoms with van der Waals surface area (Å²) >= 11 is 9.27. The van der Waals surface area contributed by atoms with Crippen molar-refractivity contribution in [1.82, 2.24) is 4.31 Å². The second-order valence-corrected chi connectivity index (χ2v) is 8.64. The molecular formula is C16H17BrClN3O3S. The van der Waals surface area contributed by atoms with Crippen LogP contribution in [0.25, 0.3) is 0 Å². The van der Waals surface area contributed by atoms with Crippen molar-refractivity contribution in [2.45, 2.75) is 0 Å². The summed E-state index contributed by atoms with van der Waals surface area (Å²) < 4.78 is 27.9. The fourth-order valence-electron chi connectivity index (χ4n) is 2.00. The van der Waals surface area contributed by atoms with Gasteiger partial charge in [-0.1, -0.05) is 29.8 Å². The molecule has 6 nitrogen and oxygen atoms in total. The van der Waals surface area contributed by atoms with Gasteiger partial charge in [0.1, 0.15) is 6.54 Å². The first-order chi connectivity index (χ1) is 11.7. The highest BCUT2D eigenvalue weighted by Gasteiger charge is 2.27. The summed E-state index contributed by atoms with van der Waals surface area (Å²) in [5.74, 6) is -0.479. The van der Waals surface area contributed by atoms with Crippen LogP contribution >= 0.6 is 27.5 Å². The molecule has 0 bridgehead atoms. The molecule has 0 aliphatic rings. The van der Waals surface area contributed by atoms with Crippen LogP contribution in [0.1, 0.15) is 0 Å². The van der Waals surface area contributed by atoms with Crippen LogP contribution in [0.4, 0.5) is 11.4 Å². The van der Waals surface area contributed by atoms with Gasteiger partial charge >= 0.3 is 10.2 Å². The van der Waals surface area contributed by atoms with Crippen molar-refractivity contribution in [3.05, 3.63) is 58.0 Å². The Bertz CT molecular complexity index is 860. The lowest BCUT2D eigenvalue weighted by Gasteiger charge is -2.26. The number of para-hydroxylation sites is 1. The second-order valence-electron chi connectivity index (χ2n) is 5.31. The number of carbonyl (C=O) groups is 1. The van der Waals surface area contributed by atoms with Crippen molar-refractivity contribution in [2.75, 3.05) is 30.3 Å². The van der Waals surface area contributed by atoms with E-state index in [1.165, 1.54) is 14.1 Å². The van der Waals surface area contributed by atoms with E-state index >= 15 is 0 Å². The molecule has 2 rings (SSSR count). The maximum atomic E-state index is 12.6. The molecule has 0 unspecified atom stereocenters. The number of benzene rings is 2. The van der Waals surface area contributed by atoms with Gasteiger partial charge in [-0.3, -0.25) is 4.79 Å². The van der Waals surface area contributed by atoms with Gasteiger partial charge in [0.05, 0.1) is 10.7 Å². The average Bonchev–Trinajstić information content (AvgIpc) is 2.56. The molecule has 0 saturated heterocycles. The summed E-state index contributed by atoms with van der Waals surface area (Å²) in [6, 6.07) is 13.4. The molecule has 0 atom stereocenters. The SMILES string of the molecule is CN(C)S(=O)(=O)N(CC(=O)Nc1ccc(Br)c(Cl)c1)c1ccccc1. The van der Waals surface area contributed by atoms with Gasteiger partial charge in [0.2, 0.25) is 5.91 Å². The third-order valence-corrected chi connectivity index (χ3v) is 6.33. The number of hydrogen-bond donors (Lipinski definition) is 1. The van der Waals surface area contributed by atoms with Gasteiger partial charge in [0.25, 0.3) is 0 Å². The minimum absolute atomic E-state index is 0.363. The van der Waals surface area contributed by atoms with Crippen LogP contribution in [0.2, 0.25) is 5.02 Å². The van der Waals surface area contributed by atoms with Gasteiger partial charge in [-0.15, -0.1) is 0 Å². The van der Waals surface area contributed by atoms with E-state index in [1.54, 1.807) is 48.5 Å². The quantitative estimate of drug-likeness (QED) is 0.740. The van der Waals surface area contributed by atoms with E-state index in [4.69, 9.17) is 11.6 Å². The number of halogens is 2. The van der Waals surface area contributed by atoms with Crippen LogP contribution in [0, 0.1) is 0 Å². The number of nitrogens with zero attached hydrogens (tertiary/aromatic N) is 2. The van der Waals surface area contributed by atoms with Crippen LogP contribution in [0.15, 0.2) is 53.0 Å². The molecule has 0 aliphatic heterocycles. The van der Waals surface area contributed by atoms with E-state index in [1.807, 2.05) is 0 Å². The number of nitrogens with one attached hydrogen (secondary N) is 1. The zero-order valence-electron chi connectivity index (χ0n) is 13.6. The van der Waals surface area contributed by atoms with Crippen molar-refractivity contribution in [1.29, 1.82) is 0 Å². The summed E-state index contributed by atoms with van der Waals surface area (Å²) in [7, 11) is -0.993. The molecule has 0 spiro atoms. The normalized spacial score (nSPS) is 11.4. The molecule has 134 valence electrons. The van der Waals surface area contributed by atoms with Gasteiger partial charge in [-0.25, -0.2) is 4.31 Å².